The molecule has 10 heteroatoms. The van der Waals surface area contributed by atoms with Gasteiger partial charge in [-0.1, -0.05) is 18.2 Å². The molecule has 0 spiro atoms. The molecular formula is C14H10N4O5S. The molecule has 0 radical (unpaired) electrons. The Bertz CT molecular complexity index is 991. The first-order valence-electron chi connectivity index (χ1n) is 6.56. The van der Waals surface area contributed by atoms with Crippen LogP contribution in [0.3, 0.4) is 0 Å². The van der Waals surface area contributed by atoms with Crippen molar-refractivity contribution in [1.82, 2.24) is 20.6 Å². The molecule has 0 saturated heterocycles. The quantitative estimate of drug-likeness (QED) is 0.401. The van der Waals surface area contributed by atoms with E-state index in [0.717, 1.165) is 12.3 Å². The Balaban J connectivity index is 1.99. The van der Waals surface area contributed by atoms with Crippen molar-refractivity contribution in [1.29, 1.82) is 0 Å². The minimum atomic E-state index is -3.94. The number of allylic oxidation sites excluding steroid dienone is 1. The highest BCUT2D eigenvalue weighted by Crippen LogP contribution is 2.26. The third kappa shape index (κ3) is 2.82. The number of H-pyrrole nitrogens is 1. The summed E-state index contributed by atoms with van der Waals surface area (Å²) >= 11 is 0. The molecule has 122 valence electrons. The maximum Gasteiger partial charge on any atom is 0.239 e. The second-order valence-electron chi connectivity index (χ2n) is 4.56. The molecule has 0 amide bonds. The van der Waals surface area contributed by atoms with Crippen LogP contribution in [0.5, 0.6) is 0 Å². The van der Waals surface area contributed by atoms with Crippen molar-refractivity contribution in [3.63, 3.8) is 0 Å². The minimum absolute atomic E-state index is 0.0202. The largest absolute Gasteiger partial charge is 0.504 e. The second-order valence-corrected chi connectivity index (χ2v) is 6.48. The van der Waals surface area contributed by atoms with E-state index in [1.54, 1.807) is 18.2 Å². The SMILES string of the molecule is O=C(C=C(O)c1nn[nH]n1)c1occc1S(=O)(=O)c1ccccc1. The van der Waals surface area contributed by atoms with Gasteiger partial charge in [-0.25, -0.2) is 8.42 Å². The van der Waals surface area contributed by atoms with Gasteiger partial charge in [-0.2, -0.15) is 5.21 Å². The Morgan fingerprint density at radius 3 is 2.62 bits per heavy atom. The van der Waals surface area contributed by atoms with Crippen molar-refractivity contribution in [3.8, 4) is 0 Å². The number of rotatable bonds is 5. The summed E-state index contributed by atoms with van der Waals surface area (Å²) in [5.74, 6) is -2.05. The number of sulfone groups is 1. The first kappa shape index (κ1) is 15.6. The van der Waals surface area contributed by atoms with Gasteiger partial charge in [-0.15, -0.1) is 10.2 Å². The average Bonchev–Trinajstić information content (AvgIpc) is 3.27. The van der Waals surface area contributed by atoms with Crippen molar-refractivity contribution in [3.05, 3.63) is 60.3 Å². The summed E-state index contributed by atoms with van der Waals surface area (Å²) in [4.78, 5) is 12.0. The molecular weight excluding hydrogens is 336 g/mol. The van der Waals surface area contributed by atoms with Gasteiger partial charge in [-0.3, -0.25) is 4.79 Å². The van der Waals surface area contributed by atoms with Gasteiger partial charge in [0.25, 0.3) is 0 Å². The molecule has 0 fully saturated rings. The molecule has 2 aromatic heterocycles. The van der Waals surface area contributed by atoms with Crippen LogP contribution < -0.4 is 0 Å². The number of aliphatic hydroxyl groups excluding tert-OH is 1. The number of nitrogens with one attached hydrogen (secondary N) is 1. The zero-order valence-electron chi connectivity index (χ0n) is 11.9. The number of nitrogens with zero attached hydrogens (tertiary/aromatic N) is 3. The van der Waals surface area contributed by atoms with E-state index in [1.807, 2.05) is 0 Å². The predicted molar refractivity (Wildman–Crippen MR) is 79.7 cm³/mol. The monoisotopic (exact) mass is 346 g/mol. The number of carbonyl (C=O) groups is 1. The first-order valence-corrected chi connectivity index (χ1v) is 8.05. The normalized spacial score (nSPS) is 12.2. The third-order valence-electron chi connectivity index (χ3n) is 3.04. The first-order chi connectivity index (χ1) is 11.5. The zero-order valence-corrected chi connectivity index (χ0v) is 12.8. The lowest BCUT2D eigenvalue weighted by Gasteiger charge is -2.03. The van der Waals surface area contributed by atoms with E-state index in [9.17, 15) is 18.3 Å². The van der Waals surface area contributed by atoms with Gasteiger partial charge >= 0.3 is 0 Å². The molecule has 24 heavy (non-hydrogen) atoms. The smallest absolute Gasteiger partial charge is 0.239 e. The number of furan rings is 1. The molecule has 3 rings (SSSR count). The zero-order chi connectivity index (χ0) is 17.2. The van der Waals surface area contributed by atoms with E-state index < -0.39 is 27.1 Å². The molecule has 3 aromatic rings. The third-order valence-corrected chi connectivity index (χ3v) is 4.83. The van der Waals surface area contributed by atoms with Gasteiger partial charge in [0.05, 0.1) is 11.2 Å². The van der Waals surface area contributed by atoms with Crippen LogP contribution in [-0.4, -0.2) is 39.9 Å². The van der Waals surface area contributed by atoms with E-state index in [2.05, 4.69) is 20.6 Å². The number of tetrazole rings is 1. The van der Waals surface area contributed by atoms with E-state index in [-0.39, 0.29) is 15.6 Å². The lowest BCUT2D eigenvalue weighted by atomic mass is 10.2. The van der Waals surface area contributed by atoms with Crippen molar-refractivity contribution in [2.24, 2.45) is 0 Å². The van der Waals surface area contributed by atoms with Crippen LogP contribution in [0.15, 0.2) is 62.9 Å². The number of aromatic amines is 1. The Hall–Kier alpha value is -3.27. The van der Waals surface area contributed by atoms with E-state index in [0.29, 0.717) is 0 Å². The van der Waals surface area contributed by atoms with E-state index >= 15 is 0 Å². The summed E-state index contributed by atoms with van der Waals surface area (Å²) in [7, 11) is -3.94. The van der Waals surface area contributed by atoms with Gasteiger partial charge in [0.1, 0.15) is 4.90 Å². The van der Waals surface area contributed by atoms with Crippen molar-refractivity contribution in [2.75, 3.05) is 0 Å². The summed E-state index contributed by atoms with van der Waals surface area (Å²) < 4.78 is 30.2. The van der Waals surface area contributed by atoms with Gasteiger partial charge in [0, 0.05) is 6.08 Å². The summed E-state index contributed by atoms with van der Waals surface area (Å²) in [5, 5.41) is 22.1. The number of carbonyl (C=O) groups excluding carboxylic acids is 1. The van der Waals surface area contributed by atoms with Crippen molar-refractivity contribution >= 4 is 21.4 Å². The molecule has 2 heterocycles. The maximum atomic E-state index is 12.6. The molecule has 0 saturated carbocycles. The standard InChI is InChI=1S/C14H10N4O5S/c19-10(8-11(20)14-15-17-18-16-14)13-12(6-7-23-13)24(21,22)9-4-2-1-3-5-9/h1-8,20H,(H,15,16,17,18). The Morgan fingerprint density at radius 2 is 1.96 bits per heavy atom. The van der Waals surface area contributed by atoms with Gasteiger partial charge in [0.2, 0.25) is 21.4 Å². The van der Waals surface area contributed by atoms with Crippen LogP contribution in [0, 0.1) is 0 Å². The highest BCUT2D eigenvalue weighted by molar-refractivity contribution is 7.91. The predicted octanol–water partition coefficient (Wildman–Crippen LogP) is 1.41. The average molecular weight is 346 g/mol. The second kappa shape index (κ2) is 6.08. The molecule has 0 aliphatic rings. The Kier molecular flexibility index (Phi) is 3.96. The number of aliphatic hydroxyl groups is 1. The van der Waals surface area contributed by atoms with E-state index in [1.165, 1.54) is 18.2 Å². The summed E-state index contributed by atoms with van der Waals surface area (Å²) in [6.45, 7) is 0. The van der Waals surface area contributed by atoms with Crippen LogP contribution in [0.4, 0.5) is 0 Å². The number of aromatic nitrogens is 4. The summed E-state index contributed by atoms with van der Waals surface area (Å²) in [5.41, 5.74) is 0. The summed E-state index contributed by atoms with van der Waals surface area (Å²) in [6.07, 6.45) is 1.84. The highest BCUT2D eigenvalue weighted by atomic mass is 32.2. The topological polar surface area (TPSA) is 139 Å². The lowest BCUT2D eigenvalue weighted by Crippen LogP contribution is -2.07. The van der Waals surface area contributed by atoms with Gasteiger partial charge < -0.3 is 9.52 Å². The molecule has 0 bridgehead atoms. The number of hydrogen-bond acceptors (Lipinski definition) is 8. The van der Waals surface area contributed by atoms with Crippen LogP contribution >= 0.6 is 0 Å². The van der Waals surface area contributed by atoms with Crippen LogP contribution in [0.1, 0.15) is 16.4 Å². The Labute approximate surface area is 135 Å². The van der Waals surface area contributed by atoms with Crippen LogP contribution in [0.2, 0.25) is 0 Å². The molecule has 2 N–H and O–H groups in total. The fourth-order valence-corrected chi connectivity index (χ4v) is 3.34. The van der Waals surface area contributed by atoms with Gasteiger partial charge in [0.15, 0.2) is 11.5 Å². The summed E-state index contributed by atoms with van der Waals surface area (Å²) in [6, 6.07) is 8.79. The van der Waals surface area contributed by atoms with Gasteiger partial charge in [-0.05, 0) is 23.4 Å². The molecule has 1 aromatic carbocycles. The number of ketones is 1. The highest BCUT2D eigenvalue weighted by Gasteiger charge is 2.27. The van der Waals surface area contributed by atoms with Crippen molar-refractivity contribution in [2.45, 2.75) is 9.79 Å². The maximum absolute atomic E-state index is 12.6. The van der Waals surface area contributed by atoms with Crippen LogP contribution in [0.25, 0.3) is 5.76 Å². The molecule has 9 nitrogen and oxygen atoms in total. The molecule has 0 atom stereocenters. The molecule has 0 aliphatic carbocycles. The van der Waals surface area contributed by atoms with Crippen molar-refractivity contribution < 1.29 is 22.7 Å². The number of hydrogen-bond donors (Lipinski definition) is 2. The fourth-order valence-electron chi connectivity index (χ4n) is 1.94. The fraction of sp³-hybridized carbons (Fsp3) is 0. The molecule has 0 unspecified atom stereocenters. The van der Waals surface area contributed by atoms with E-state index in [4.69, 9.17) is 4.42 Å². The Morgan fingerprint density at radius 1 is 1.21 bits per heavy atom. The molecule has 0 aliphatic heterocycles. The van der Waals surface area contributed by atoms with Crippen LogP contribution in [-0.2, 0) is 9.84 Å². The number of benzene rings is 1. The minimum Gasteiger partial charge on any atom is -0.504 e. The lowest BCUT2D eigenvalue weighted by molar-refractivity contribution is 0.101.